The highest BCUT2D eigenvalue weighted by Crippen LogP contribution is 2.25. The molecule has 1 aromatic carbocycles. The van der Waals surface area contributed by atoms with Crippen molar-refractivity contribution >= 4 is 5.97 Å². The molecule has 0 aromatic heterocycles. The van der Waals surface area contributed by atoms with Gasteiger partial charge in [0, 0.05) is 0 Å². The topological polar surface area (TPSA) is 61.5 Å². The number of benzene rings is 1. The van der Waals surface area contributed by atoms with Crippen molar-refractivity contribution in [2.24, 2.45) is 5.73 Å². The van der Waals surface area contributed by atoms with Crippen LogP contribution in [0.25, 0.3) is 0 Å². The lowest BCUT2D eigenvalue weighted by Crippen LogP contribution is -2.40. The van der Waals surface area contributed by atoms with Crippen LogP contribution >= 0.6 is 0 Å². The van der Waals surface area contributed by atoms with Crippen molar-refractivity contribution in [2.45, 2.75) is 51.4 Å². The van der Waals surface area contributed by atoms with Crippen molar-refractivity contribution in [2.75, 3.05) is 7.11 Å². The number of rotatable bonds is 8. The van der Waals surface area contributed by atoms with Crippen molar-refractivity contribution in [1.29, 1.82) is 0 Å². The average Bonchev–Trinajstić information content (AvgIpc) is 2.50. The van der Waals surface area contributed by atoms with Gasteiger partial charge in [0.05, 0.1) is 13.2 Å². The van der Waals surface area contributed by atoms with Gasteiger partial charge in [-0.3, -0.25) is 4.79 Å². The largest absolute Gasteiger partial charge is 0.468 e. The number of carbonyl (C=O) groups is 1. The minimum atomic E-state index is -0.812. The Morgan fingerprint density at radius 1 is 1.25 bits per heavy atom. The standard InChI is InChI=1S/C16H25NO3/c1-4-9-13(5-2)20-15(14(17)16(18)19-3)12-10-7-6-8-11-12/h6-8,10-11,13-15H,4-5,9,17H2,1-3H3. The lowest BCUT2D eigenvalue weighted by Gasteiger charge is -2.27. The summed E-state index contributed by atoms with van der Waals surface area (Å²) >= 11 is 0. The third-order valence-electron chi connectivity index (χ3n) is 3.33. The molecule has 0 fully saturated rings. The Kier molecular flexibility index (Phi) is 7.26. The molecule has 0 saturated heterocycles. The summed E-state index contributed by atoms with van der Waals surface area (Å²) in [5.41, 5.74) is 6.91. The van der Waals surface area contributed by atoms with E-state index in [-0.39, 0.29) is 6.10 Å². The second kappa shape index (κ2) is 8.72. The number of ether oxygens (including phenoxy) is 2. The van der Waals surface area contributed by atoms with E-state index in [9.17, 15) is 4.79 Å². The van der Waals surface area contributed by atoms with Crippen LogP contribution in [0.4, 0.5) is 0 Å². The Morgan fingerprint density at radius 3 is 2.40 bits per heavy atom. The maximum Gasteiger partial charge on any atom is 0.325 e. The molecule has 3 unspecified atom stereocenters. The minimum absolute atomic E-state index is 0.0981. The fourth-order valence-electron chi connectivity index (χ4n) is 2.17. The molecule has 1 rings (SSSR count). The molecule has 0 bridgehead atoms. The zero-order valence-electron chi connectivity index (χ0n) is 12.5. The number of esters is 1. The molecule has 0 aliphatic rings. The quantitative estimate of drug-likeness (QED) is 0.743. The molecule has 0 amide bonds. The van der Waals surface area contributed by atoms with Crippen molar-refractivity contribution in [1.82, 2.24) is 0 Å². The van der Waals surface area contributed by atoms with Crippen molar-refractivity contribution in [3.8, 4) is 0 Å². The maximum absolute atomic E-state index is 11.7. The summed E-state index contributed by atoms with van der Waals surface area (Å²) in [4.78, 5) is 11.7. The molecule has 3 atom stereocenters. The van der Waals surface area contributed by atoms with E-state index in [2.05, 4.69) is 13.8 Å². The van der Waals surface area contributed by atoms with Gasteiger partial charge in [-0.25, -0.2) is 0 Å². The Balaban J connectivity index is 2.92. The highest BCUT2D eigenvalue weighted by atomic mass is 16.5. The molecule has 0 spiro atoms. The molecule has 1 aromatic rings. The summed E-state index contributed by atoms with van der Waals surface area (Å²) < 4.78 is 10.8. The molecule has 112 valence electrons. The first kappa shape index (κ1) is 16.7. The Morgan fingerprint density at radius 2 is 1.90 bits per heavy atom. The van der Waals surface area contributed by atoms with E-state index >= 15 is 0 Å². The first-order chi connectivity index (χ1) is 9.63. The summed E-state index contributed by atoms with van der Waals surface area (Å²) in [5, 5.41) is 0. The molecule has 0 aliphatic carbocycles. The predicted molar refractivity (Wildman–Crippen MR) is 79.2 cm³/mol. The van der Waals surface area contributed by atoms with E-state index < -0.39 is 18.1 Å². The molecule has 0 radical (unpaired) electrons. The molecule has 0 heterocycles. The number of carbonyl (C=O) groups excluding carboxylic acids is 1. The highest BCUT2D eigenvalue weighted by molar-refractivity contribution is 5.76. The van der Waals surface area contributed by atoms with Crippen molar-refractivity contribution in [3.63, 3.8) is 0 Å². The van der Waals surface area contributed by atoms with Gasteiger partial charge in [-0.2, -0.15) is 0 Å². The van der Waals surface area contributed by atoms with Gasteiger partial charge in [0.1, 0.15) is 12.1 Å². The van der Waals surface area contributed by atoms with Crippen LogP contribution in [0.2, 0.25) is 0 Å². The highest BCUT2D eigenvalue weighted by Gasteiger charge is 2.29. The molecular formula is C16H25NO3. The van der Waals surface area contributed by atoms with E-state index in [1.807, 2.05) is 30.3 Å². The van der Waals surface area contributed by atoms with Gasteiger partial charge < -0.3 is 15.2 Å². The first-order valence-electron chi connectivity index (χ1n) is 7.17. The van der Waals surface area contributed by atoms with E-state index in [0.29, 0.717) is 0 Å². The van der Waals surface area contributed by atoms with Gasteiger partial charge in [-0.15, -0.1) is 0 Å². The second-order valence-corrected chi connectivity index (χ2v) is 4.84. The van der Waals surface area contributed by atoms with Gasteiger partial charge in [0.15, 0.2) is 0 Å². The monoisotopic (exact) mass is 279 g/mol. The van der Waals surface area contributed by atoms with Crippen LogP contribution in [-0.2, 0) is 14.3 Å². The number of methoxy groups -OCH3 is 1. The average molecular weight is 279 g/mol. The SMILES string of the molecule is CCCC(CC)OC(c1ccccc1)C(N)C(=O)OC. The first-order valence-corrected chi connectivity index (χ1v) is 7.17. The maximum atomic E-state index is 11.7. The number of hydrogen-bond donors (Lipinski definition) is 1. The lowest BCUT2D eigenvalue weighted by molar-refractivity contribution is -0.148. The second-order valence-electron chi connectivity index (χ2n) is 4.84. The summed E-state index contributed by atoms with van der Waals surface area (Å²) in [7, 11) is 1.34. The van der Waals surface area contributed by atoms with Crippen LogP contribution < -0.4 is 5.73 Å². The number of nitrogens with two attached hydrogens (primary N) is 1. The van der Waals surface area contributed by atoms with Crippen LogP contribution in [0, 0.1) is 0 Å². The molecule has 4 heteroatoms. The predicted octanol–water partition coefficient (Wildman–Crippen LogP) is 2.82. The molecule has 0 saturated carbocycles. The van der Waals surface area contributed by atoms with E-state index in [1.165, 1.54) is 7.11 Å². The molecular weight excluding hydrogens is 254 g/mol. The van der Waals surface area contributed by atoms with E-state index in [0.717, 1.165) is 24.8 Å². The Bertz CT molecular complexity index is 394. The van der Waals surface area contributed by atoms with E-state index in [1.54, 1.807) is 0 Å². The fraction of sp³-hybridized carbons (Fsp3) is 0.562. The van der Waals surface area contributed by atoms with Crippen LogP contribution in [0.5, 0.6) is 0 Å². The van der Waals surface area contributed by atoms with Crippen molar-refractivity contribution < 1.29 is 14.3 Å². The summed E-state index contributed by atoms with van der Waals surface area (Å²) in [6.07, 6.45) is 2.51. The normalized spacial score (nSPS) is 15.4. The van der Waals surface area contributed by atoms with Gasteiger partial charge in [0.25, 0.3) is 0 Å². The van der Waals surface area contributed by atoms with Crippen LogP contribution in [0.3, 0.4) is 0 Å². The van der Waals surface area contributed by atoms with Gasteiger partial charge in [-0.1, -0.05) is 50.6 Å². The van der Waals surface area contributed by atoms with Gasteiger partial charge >= 0.3 is 5.97 Å². The Labute approximate surface area is 121 Å². The zero-order valence-corrected chi connectivity index (χ0v) is 12.5. The van der Waals surface area contributed by atoms with Gasteiger partial charge in [0.2, 0.25) is 0 Å². The summed E-state index contributed by atoms with van der Waals surface area (Å²) in [6.45, 7) is 4.19. The van der Waals surface area contributed by atoms with Crippen LogP contribution in [-0.4, -0.2) is 25.2 Å². The lowest BCUT2D eigenvalue weighted by atomic mass is 10.0. The molecule has 0 aliphatic heterocycles. The zero-order chi connectivity index (χ0) is 15.0. The summed E-state index contributed by atoms with van der Waals surface area (Å²) in [5.74, 6) is -0.454. The fourth-order valence-corrected chi connectivity index (χ4v) is 2.17. The Hall–Kier alpha value is -1.39. The molecule has 20 heavy (non-hydrogen) atoms. The van der Waals surface area contributed by atoms with Crippen molar-refractivity contribution in [3.05, 3.63) is 35.9 Å². The van der Waals surface area contributed by atoms with Crippen LogP contribution in [0.15, 0.2) is 30.3 Å². The van der Waals surface area contributed by atoms with Crippen LogP contribution in [0.1, 0.15) is 44.8 Å². The minimum Gasteiger partial charge on any atom is -0.468 e. The van der Waals surface area contributed by atoms with E-state index in [4.69, 9.17) is 15.2 Å². The third-order valence-corrected chi connectivity index (χ3v) is 3.33. The summed E-state index contributed by atoms with van der Waals surface area (Å²) in [6, 6.07) is 8.78. The smallest absolute Gasteiger partial charge is 0.325 e. The number of hydrogen-bond acceptors (Lipinski definition) is 4. The van der Waals surface area contributed by atoms with Gasteiger partial charge in [-0.05, 0) is 18.4 Å². The molecule has 2 N–H and O–H groups in total. The molecule has 4 nitrogen and oxygen atoms in total. The third kappa shape index (κ3) is 4.62.